The Hall–Kier alpha value is -1.93. The van der Waals surface area contributed by atoms with Crippen LogP contribution in [-0.4, -0.2) is 15.6 Å². The summed E-state index contributed by atoms with van der Waals surface area (Å²) in [6, 6.07) is 6.90. The molecule has 4 nitrogen and oxygen atoms in total. The predicted octanol–water partition coefficient (Wildman–Crippen LogP) is 2.70. The zero-order valence-electron chi connectivity index (χ0n) is 9.97. The molecule has 90 valence electrons. The Morgan fingerprint density at radius 2 is 2.22 bits per heavy atom. The number of hydrogen-bond donors (Lipinski definition) is 0. The van der Waals surface area contributed by atoms with Gasteiger partial charge in [0.1, 0.15) is 0 Å². The van der Waals surface area contributed by atoms with Crippen molar-refractivity contribution in [2.24, 2.45) is 4.99 Å². The molecule has 0 spiro atoms. The molecule has 1 heterocycles. The largest absolute Gasteiger partial charge is 0.327 e. The number of isocyanates is 1. The van der Waals surface area contributed by atoms with Crippen LogP contribution in [0.2, 0.25) is 0 Å². The maximum absolute atomic E-state index is 10.5. The molecule has 0 atom stereocenters. The molecular formula is C14H13N3O. The van der Waals surface area contributed by atoms with Crippen molar-refractivity contribution < 1.29 is 4.79 Å². The van der Waals surface area contributed by atoms with Crippen LogP contribution in [0.4, 0.5) is 0 Å². The van der Waals surface area contributed by atoms with Gasteiger partial charge in [0.15, 0.2) is 0 Å². The van der Waals surface area contributed by atoms with Gasteiger partial charge in [-0.25, -0.2) is 9.78 Å². The number of aromatic nitrogens is 2. The fraction of sp³-hybridized carbons (Fsp3) is 0.429. The van der Waals surface area contributed by atoms with E-state index in [9.17, 15) is 4.79 Å². The third kappa shape index (κ3) is 1.36. The van der Waals surface area contributed by atoms with Crippen molar-refractivity contribution in [1.29, 1.82) is 0 Å². The zero-order valence-corrected chi connectivity index (χ0v) is 9.97. The summed E-state index contributed by atoms with van der Waals surface area (Å²) in [4.78, 5) is 18.9. The number of benzene rings is 1. The number of aliphatic imine (C=N–C) groups is 1. The molecule has 2 aliphatic rings. The average Bonchev–Trinajstić information content (AvgIpc) is 3.30. The van der Waals surface area contributed by atoms with Gasteiger partial charge in [-0.2, -0.15) is 4.99 Å². The van der Waals surface area contributed by atoms with Gasteiger partial charge < -0.3 is 4.57 Å². The molecule has 0 bridgehead atoms. The molecule has 4 rings (SSSR count). The summed E-state index contributed by atoms with van der Waals surface area (Å²) in [5, 5.41) is 0. The van der Waals surface area contributed by atoms with Crippen molar-refractivity contribution in [3.8, 4) is 0 Å². The second-order valence-electron chi connectivity index (χ2n) is 5.32. The van der Waals surface area contributed by atoms with Crippen molar-refractivity contribution in [2.45, 2.75) is 37.3 Å². The zero-order chi connectivity index (χ0) is 12.2. The SMILES string of the molecule is O=C=NC1(c2ccc3c(c2)ncn3C2CC2)CC1. The number of hydrogen-bond acceptors (Lipinski definition) is 3. The van der Waals surface area contributed by atoms with Crippen LogP contribution in [-0.2, 0) is 10.3 Å². The average molecular weight is 239 g/mol. The maximum Gasteiger partial charge on any atom is 0.235 e. The quantitative estimate of drug-likeness (QED) is 0.610. The van der Waals surface area contributed by atoms with Crippen LogP contribution in [0.25, 0.3) is 11.0 Å². The van der Waals surface area contributed by atoms with E-state index < -0.39 is 0 Å². The fourth-order valence-electron chi connectivity index (χ4n) is 2.64. The minimum Gasteiger partial charge on any atom is -0.327 e. The first-order chi connectivity index (χ1) is 8.82. The van der Waals surface area contributed by atoms with Crippen LogP contribution in [0.15, 0.2) is 29.5 Å². The summed E-state index contributed by atoms with van der Waals surface area (Å²) in [5.74, 6) is 0. The number of fused-ring (bicyclic) bond motifs is 1. The smallest absolute Gasteiger partial charge is 0.235 e. The lowest BCUT2D eigenvalue weighted by molar-refractivity contribution is 0.556. The van der Waals surface area contributed by atoms with Crippen LogP contribution in [0.1, 0.15) is 37.3 Å². The van der Waals surface area contributed by atoms with Crippen molar-refractivity contribution in [3.05, 3.63) is 30.1 Å². The minimum atomic E-state index is -0.292. The lowest BCUT2D eigenvalue weighted by atomic mass is 10.1. The molecule has 2 aliphatic carbocycles. The van der Waals surface area contributed by atoms with Gasteiger partial charge in [-0.3, -0.25) is 0 Å². The van der Waals surface area contributed by atoms with E-state index in [1.807, 2.05) is 6.33 Å². The number of rotatable bonds is 3. The highest BCUT2D eigenvalue weighted by atomic mass is 16.1. The fourth-order valence-corrected chi connectivity index (χ4v) is 2.64. The van der Waals surface area contributed by atoms with Crippen molar-refractivity contribution in [1.82, 2.24) is 9.55 Å². The van der Waals surface area contributed by atoms with E-state index in [-0.39, 0.29) is 5.54 Å². The van der Waals surface area contributed by atoms with Crippen LogP contribution < -0.4 is 0 Å². The minimum absolute atomic E-state index is 0.292. The third-order valence-corrected chi connectivity index (χ3v) is 4.04. The van der Waals surface area contributed by atoms with Gasteiger partial charge in [0.25, 0.3) is 0 Å². The molecule has 0 aliphatic heterocycles. The molecule has 0 unspecified atom stereocenters. The van der Waals surface area contributed by atoms with Gasteiger partial charge in [-0.05, 0) is 43.4 Å². The second-order valence-corrected chi connectivity index (χ2v) is 5.32. The molecule has 0 saturated heterocycles. The van der Waals surface area contributed by atoms with E-state index in [1.165, 1.54) is 18.4 Å². The summed E-state index contributed by atoms with van der Waals surface area (Å²) in [6.45, 7) is 0. The second kappa shape index (κ2) is 3.30. The molecule has 2 saturated carbocycles. The molecule has 1 aromatic carbocycles. The van der Waals surface area contributed by atoms with Crippen molar-refractivity contribution in [3.63, 3.8) is 0 Å². The molecule has 2 fully saturated rings. The maximum atomic E-state index is 10.5. The van der Waals surface area contributed by atoms with Crippen LogP contribution >= 0.6 is 0 Å². The van der Waals surface area contributed by atoms with Crippen LogP contribution in [0, 0.1) is 0 Å². The molecular weight excluding hydrogens is 226 g/mol. The van der Waals surface area contributed by atoms with E-state index in [2.05, 4.69) is 32.7 Å². The highest BCUT2D eigenvalue weighted by Gasteiger charge is 2.45. The summed E-state index contributed by atoms with van der Waals surface area (Å²) in [7, 11) is 0. The van der Waals surface area contributed by atoms with E-state index >= 15 is 0 Å². The first kappa shape index (κ1) is 10.0. The van der Waals surface area contributed by atoms with Gasteiger partial charge in [-0.15, -0.1) is 0 Å². The standard InChI is InChI=1S/C14H13N3O/c18-9-16-14(5-6-14)10-1-4-13-12(7-10)15-8-17(13)11-2-3-11/h1,4,7-8,11H,2-3,5-6H2. The predicted molar refractivity (Wildman–Crippen MR) is 67.0 cm³/mol. The lowest BCUT2D eigenvalue weighted by Crippen LogP contribution is -2.02. The van der Waals surface area contributed by atoms with Crippen molar-refractivity contribution in [2.75, 3.05) is 0 Å². The van der Waals surface area contributed by atoms with Gasteiger partial charge >= 0.3 is 0 Å². The third-order valence-electron chi connectivity index (χ3n) is 4.04. The van der Waals surface area contributed by atoms with Gasteiger partial charge in [0.05, 0.1) is 22.9 Å². The Balaban J connectivity index is 1.83. The monoisotopic (exact) mass is 239 g/mol. The molecule has 0 amide bonds. The Morgan fingerprint density at radius 1 is 1.39 bits per heavy atom. The van der Waals surface area contributed by atoms with Gasteiger partial charge in [-0.1, -0.05) is 6.07 Å². The first-order valence-electron chi connectivity index (χ1n) is 6.38. The Bertz CT molecular complexity index is 673. The molecule has 4 heteroatoms. The normalized spacial score (nSPS) is 20.7. The highest BCUT2D eigenvalue weighted by molar-refractivity contribution is 5.77. The highest BCUT2D eigenvalue weighted by Crippen LogP contribution is 2.49. The van der Waals surface area contributed by atoms with Crippen molar-refractivity contribution >= 4 is 17.1 Å². The van der Waals surface area contributed by atoms with E-state index in [0.29, 0.717) is 6.04 Å². The summed E-state index contributed by atoms with van der Waals surface area (Å²) >= 11 is 0. The number of imidazole rings is 1. The van der Waals surface area contributed by atoms with Crippen LogP contribution in [0.5, 0.6) is 0 Å². The Morgan fingerprint density at radius 3 is 2.89 bits per heavy atom. The summed E-state index contributed by atoms with van der Waals surface area (Å²) < 4.78 is 2.25. The topological polar surface area (TPSA) is 47.2 Å². The molecule has 2 aromatic rings. The van der Waals surface area contributed by atoms with Gasteiger partial charge in [0.2, 0.25) is 6.08 Å². The summed E-state index contributed by atoms with van der Waals surface area (Å²) in [5.41, 5.74) is 3.00. The van der Waals surface area contributed by atoms with Crippen LogP contribution in [0.3, 0.4) is 0 Å². The number of nitrogens with zero attached hydrogens (tertiary/aromatic N) is 3. The molecule has 18 heavy (non-hydrogen) atoms. The molecule has 1 aromatic heterocycles. The Kier molecular flexibility index (Phi) is 1.84. The number of carbonyl (C=O) groups excluding carboxylic acids is 1. The molecule has 0 N–H and O–H groups in total. The lowest BCUT2D eigenvalue weighted by Gasteiger charge is -2.08. The van der Waals surface area contributed by atoms with E-state index in [0.717, 1.165) is 23.9 Å². The summed E-state index contributed by atoms with van der Waals surface area (Å²) in [6.07, 6.45) is 8.02. The molecule has 0 radical (unpaired) electrons. The van der Waals surface area contributed by atoms with Gasteiger partial charge in [0, 0.05) is 6.04 Å². The van der Waals surface area contributed by atoms with E-state index in [1.54, 1.807) is 6.08 Å². The first-order valence-corrected chi connectivity index (χ1v) is 6.38. The van der Waals surface area contributed by atoms with E-state index in [4.69, 9.17) is 0 Å². The Labute approximate surface area is 104 Å².